The van der Waals surface area contributed by atoms with Crippen LogP contribution in [0.25, 0.3) is 0 Å². The Morgan fingerprint density at radius 3 is 1.47 bits per heavy atom. The van der Waals surface area contributed by atoms with E-state index in [0.717, 1.165) is 0 Å². The first kappa shape index (κ1) is 21.0. The lowest BCUT2D eigenvalue weighted by Gasteiger charge is -2.05. The molecule has 1 aromatic carbocycles. The van der Waals surface area contributed by atoms with Gasteiger partial charge in [-0.3, -0.25) is 0 Å². The molecule has 0 bridgehead atoms. The van der Waals surface area contributed by atoms with Crippen molar-refractivity contribution in [3.05, 3.63) is 30.3 Å². The van der Waals surface area contributed by atoms with Crippen LogP contribution >= 0.6 is 0 Å². The average Bonchev–Trinajstić information content (AvgIpc) is 2.28. The lowest BCUT2D eigenvalue weighted by Crippen LogP contribution is -3.00. The quantitative estimate of drug-likeness (QED) is 0.819. The van der Waals surface area contributed by atoms with Gasteiger partial charge in [-0.25, -0.2) is 0 Å². The van der Waals surface area contributed by atoms with Crippen LogP contribution in [0.2, 0.25) is 11.6 Å². The second kappa shape index (κ2) is 14.1. The second-order valence-electron chi connectivity index (χ2n) is 5.06. The molecule has 0 saturated heterocycles. The molecule has 2 nitrogen and oxygen atoms in total. The smallest absolute Gasteiger partial charge is 0.453 e. The van der Waals surface area contributed by atoms with Crippen LogP contribution in [0.3, 0.4) is 0 Å². The minimum atomic E-state index is -0.650. The molecule has 0 aromatic heterocycles. The highest BCUT2D eigenvalue weighted by molar-refractivity contribution is 6.48. The predicted octanol–water partition coefficient (Wildman–Crippen LogP) is 3.54. The molecule has 0 atom stereocenters. The highest BCUT2D eigenvalue weighted by atomic mass is 27.2. The Bertz CT molecular complexity index is 267. The van der Waals surface area contributed by atoms with Crippen molar-refractivity contribution >= 4 is 20.2 Å². The molecule has 1 saturated carbocycles. The molecule has 1 aliphatic carbocycles. The van der Waals surface area contributed by atoms with Gasteiger partial charge < -0.3 is 8.69 Å². The third kappa shape index (κ3) is 13.9. The Labute approximate surface area is 125 Å². The molecule has 0 unspecified atom stereocenters. The molecule has 0 amide bonds. The van der Waals surface area contributed by atoms with Crippen LogP contribution in [0.15, 0.2) is 30.3 Å². The zero-order valence-electron chi connectivity index (χ0n) is 12.7. The van der Waals surface area contributed by atoms with Crippen molar-refractivity contribution in [3.8, 4) is 0 Å². The Morgan fingerprint density at radius 1 is 0.947 bits per heavy atom. The normalized spacial score (nSPS) is 11.9. The van der Waals surface area contributed by atoms with Gasteiger partial charge in [0.1, 0.15) is 5.69 Å². The Hall–Kier alpha value is -0.328. The van der Waals surface area contributed by atoms with Crippen LogP contribution in [0, 0.1) is 0 Å². The van der Waals surface area contributed by atoms with E-state index in [4.69, 9.17) is 3.79 Å². The summed E-state index contributed by atoms with van der Waals surface area (Å²) in [6.07, 6.45) is 6.00. The number of para-hydroxylation sites is 1. The summed E-state index contributed by atoms with van der Waals surface area (Å²) in [5, 5.41) is 0. The molecule has 0 heterocycles. The number of nitrogens with one attached hydrogen (secondary N) is 1. The molecule has 0 radical (unpaired) electrons. The summed E-state index contributed by atoms with van der Waals surface area (Å²) < 4.78 is 4.89. The average molecular weight is 282 g/mol. The van der Waals surface area contributed by atoms with E-state index in [1.165, 1.54) is 36.3 Å². The van der Waals surface area contributed by atoms with E-state index in [2.05, 4.69) is 49.9 Å². The molecule has 2 rings (SSSR count). The van der Waals surface area contributed by atoms with E-state index >= 15 is 0 Å². The SMILES string of the molecule is C.C1CCC1.C[NH+](C)c1ccccc1.C[O][Al]([CH3])[CH3]. The molecular weight excluding hydrogens is 249 g/mol. The highest BCUT2D eigenvalue weighted by Gasteiger charge is 1.96. The maximum Gasteiger partial charge on any atom is 0.453 e. The van der Waals surface area contributed by atoms with Crippen LogP contribution in [0.4, 0.5) is 5.69 Å². The van der Waals surface area contributed by atoms with Crippen LogP contribution in [0.5, 0.6) is 0 Å². The Kier molecular flexibility index (Phi) is 15.6. The van der Waals surface area contributed by atoms with Gasteiger partial charge >= 0.3 is 14.5 Å². The van der Waals surface area contributed by atoms with Crippen molar-refractivity contribution in [1.82, 2.24) is 0 Å². The molecule has 19 heavy (non-hydrogen) atoms. The summed E-state index contributed by atoms with van der Waals surface area (Å²) in [5.74, 6) is 4.28. The van der Waals surface area contributed by atoms with Crippen LogP contribution < -0.4 is 4.90 Å². The molecule has 0 spiro atoms. The predicted molar refractivity (Wildman–Crippen MR) is 88.6 cm³/mol. The molecule has 110 valence electrons. The van der Waals surface area contributed by atoms with Crippen LogP contribution in [0.1, 0.15) is 33.1 Å². The van der Waals surface area contributed by atoms with Crippen LogP contribution in [-0.2, 0) is 3.79 Å². The Morgan fingerprint density at radius 2 is 1.32 bits per heavy atom. The van der Waals surface area contributed by atoms with E-state index in [1.54, 1.807) is 7.11 Å². The van der Waals surface area contributed by atoms with Crippen molar-refractivity contribution in [2.45, 2.75) is 44.7 Å². The number of hydrogen-bond acceptors (Lipinski definition) is 1. The van der Waals surface area contributed by atoms with E-state index in [1.807, 2.05) is 6.07 Å². The summed E-state index contributed by atoms with van der Waals surface area (Å²) in [5.41, 5.74) is 1.33. The lowest BCUT2D eigenvalue weighted by molar-refractivity contribution is -0.786. The monoisotopic (exact) mass is 282 g/mol. The van der Waals surface area contributed by atoms with E-state index < -0.39 is 14.5 Å². The molecular formula is C16H33AlNO+. The first-order valence-electron chi connectivity index (χ1n) is 6.96. The summed E-state index contributed by atoms with van der Waals surface area (Å²) in [6, 6.07) is 10.4. The van der Waals surface area contributed by atoms with Gasteiger partial charge in [-0.1, -0.05) is 62.9 Å². The zero-order chi connectivity index (χ0) is 13.8. The van der Waals surface area contributed by atoms with Gasteiger partial charge in [-0.05, 0) is 12.1 Å². The molecule has 3 heteroatoms. The molecule has 0 aliphatic heterocycles. The molecule has 1 fully saturated rings. The van der Waals surface area contributed by atoms with Gasteiger partial charge in [-0.15, -0.1) is 0 Å². The van der Waals surface area contributed by atoms with Gasteiger partial charge in [0.15, 0.2) is 0 Å². The first-order valence-corrected chi connectivity index (χ1v) is 9.74. The highest BCUT2D eigenvalue weighted by Crippen LogP contribution is 2.15. The molecule has 1 aliphatic rings. The van der Waals surface area contributed by atoms with Gasteiger partial charge in [0, 0.05) is 7.11 Å². The molecule has 1 N–H and O–H groups in total. The zero-order valence-corrected chi connectivity index (χ0v) is 13.9. The van der Waals surface area contributed by atoms with Gasteiger partial charge in [0.25, 0.3) is 0 Å². The lowest BCUT2D eigenvalue weighted by atomic mass is 10.0. The van der Waals surface area contributed by atoms with Gasteiger partial charge in [0.2, 0.25) is 0 Å². The number of benzene rings is 1. The Balaban J connectivity index is 0. The van der Waals surface area contributed by atoms with Crippen LogP contribution in [-0.4, -0.2) is 35.7 Å². The standard InChI is InChI=1S/C8H11N.C4H8.CH3O.CH4.2CH3.Al/c1-9(2)8-6-4-3-5-7-8;1-2-4-3-1;1-2;;;;/h3-7H,1-2H3;1-4H2;1H3;1H4;2*1H3;/q;;-1;;;;+1/p+1. The van der Waals surface area contributed by atoms with Crippen molar-refractivity contribution < 1.29 is 8.69 Å². The number of quaternary nitrogens is 1. The summed E-state index contributed by atoms with van der Waals surface area (Å²) >= 11 is -0.650. The van der Waals surface area contributed by atoms with E-state index in [9.17, 15) is 0 Å². The maximum absolute atomic E-state index is 4.89. The van der Waals surface area contributed by atoms with E-state index in [0.29, 0.717) is 0 Å². The number of rotatable bonds is 2. The topological polar surface area (TPSA) is 13.7 Å². The minimum absolute atomic E-state index is 0. The minimum Gasteiger partial charge on any atom is -0.503 e. The van der Waals surface area contributed by atoms with Gasteiger partial charge in [0.05, 0.1) is 14.1 Å². The number of hydrogen-bond donors (Lipinski definition) is 1. The van der Waals surface area contributed by atoms with E-state index in [-0.39, 0.29) is 7.43 Å². The van der Waals surface area contributed by atoms with Crippen molar-refractivity contribution in [2.24, 2.45) is 0 Å². The fourth-order valence-corrected chi connectivity index (χ4v) is 1.02. The second-order valence-corrected chi connectivity index (χ2v) is 7.63. The third-order valence-electron chi connectivity index (χ3n) is 2.82. The van der Waals surface area contributed by atoms with Crippen molar-refractivity contribution in [3.63, 3.8) is 0 Å². The first-order chi connectivity index (χ1) is 8.57. The fraction of sp³-hybridized carbons (Fsp3) is 0.625. The summed E-state index contributed by atoms with van der Waals surface area (Å²) in [7, 11) is 6.00. The largest absolute Gasteiger partial charge is 0.503 e. The van der Waals surface area contributed by atoms with Gasteiger partial charge in [-0.2, -0.15) is 0 Å². The van der Waals surface area contributed by atoms with Crippen molar-refractivity contribution in [1.29, 1.82) is 0 Å². The fourth-order valence-electron chi connectivity index (χ4n) is 1.02. The molecule has 1 aromatic rings. The summed E-state index contributed by atoms with van der Waals surface area (Å²) in [4.78, 5) is 1.37. The van der Waals surface area contributed by atoms with Crippen molar-refractivity contribution in [2.75, 3.05) is 21.2 Å². The summed E-state index contributed by atoms with van der Waals surface area (Å²) in [6.45, 7) is 0. The maximum atomic E-state index is 4.89. The third-order valence-corrected chi connectivity index (χ3v) is 3.77.